The largest absolute Gasteiger partial charge is 0.347 e. The lowest BCUT2D eigenvalue weighted by molar-refractivity contribution is -0.134. The van der Waals surface area contributed by atoms with Crippen LogP contribution in [0.2, 0.25) is 0 Å². The molecule has 2 amide bonds. The van der Waals surface area contributed by atoms with Crippen molar-refractivity contribution in [3.05, 3.63) is 66.0 Å². The van der Waals surface area contributed by atoms with E-state index in [0.717, 1.165) is 11.3 Å². The number of hydrogen-bond acceptors (Lipinski definition) is 4. The third kappa shape index (κ3) is 6.00. The molecule has 2 aromatic rings. The lowest BCUT2D eigenvalue weighted by Crippen LogP contribution is -2.42. The van der Waals surface area contributed by atoms with Crippen LogP contribution in [0.1, 0.15) is 17.3 Å². The van der Waals surface area contributed by atoms with Gasteiger partial charge in [-0.25, -0.2) is 0 Å². The number of carbonyl (C=O) groups excluding carboxylic acids is 2. The van der Waals surface area contributed by atoms with Crippen molar-refractivity contribution >= 4 is 11.8 Å². The average Bonchev–Trinajstić information content (AvgIpc) is 2.63. The molecule has 0 spiro atoms. The summed E-state index contributed by atoms with van der Waals surface area (Å²) >= 11 is 0. The van der Waals surface area contributed by atoms with Gasteiger partial charge < -0.3 is 15.5 Å². The average molecular weight is 340 g/mol. The highest BCUT2D eigenvalue weighted by Gasteiger charge is 2.18. The number of benzene rings is 1. The molecule has 1 aromatic carbocycles. The zero-order chi connectivity index (χ0) is 18.1. The number of likely N-dealkylation sites (N-methyl/N-ethyl adjacent to an activating group) is 2. The molecule has 0 aliphatic carbocycles. The van der Waals surface area contributed by atoms with Crippen LogP contribution in [-0.4, -0.2) is 48.9 Å². The maximum atomic E-state index is 12.4. The van der Waals surface area contributed by atoms with Gasteiger partial charge in [-0.2, -0.15) is 0 Å². The summed E-state index contributed by atoms with van der Waals surface area (Å²) in [6.45, 7) is 0.228. The van der Waals surface area contributed by atoms with Crippen LogP contribution in [0.25, 0.3) is 0 Å². The van der Waals surface area contributed by atoms with Crippen LogP contribution in [0.4, 0.5) is 0 Å². The van der Waals surface area contributed by atoms with Gasteiger partial charge in [0.25, 0.3) is 0 Å². The molecule has 0 bridgehead atoms. The Hall–Kier alpha value is -2.73. The molecular formula is C19H24N4O2. The molecule has 1 aromatic heterocycles. The van der Waals surface area contributed by atoms with E-state index in [2.05, 4.69) is 15.6 Å². The molecule has 1 heterocycles. The van der Waals surface area contributed by atoms with Crippen molar-refractivity contribution in [3.8, 4) is 0 Å². The summed E-state index contributed by atoms with van der Waals surface area (Å²) in [5.74, 6) is -0.324. The summed E-state index contributed by atoms with van der Waals surface area (Å²) in [7, 11) is 3.32. The fourth-order valence-corrected chi connectivity index (χ4v) is 2.50. The van der Waals surface area contributed by atoms with Gasteiger partial charge in [-0.1, -0.05) is 36.4 Å². The molecule has 0 aliphatic heterocycles. The molecular weight excluding hydrogens is 316 g/mol. The number of hydrogen-bond donors (Lipinski definition) is 2. The molecule has 2 N–H and O–H groups in total. The highest BCUT2D eigenvalue weighted by molar-refractivity contribution is 5.85. The van der Waals surface area contributed by atoms with Crippen LogP contribution >= 0.6 is 0 Å². The standard InChI is InChI=1S/C19H24N4O2/c1-20-13-19(25)23(2)14-18(24)22-17(15-8-4-3-5-9-15)12-16-10-6-7-11-21-16/h3-11,17,20H,12-14H2,1-2H3,(H,22,24). The number of rotatable bonds is 8. The number of nitrogens with one attached hydrogen (secondary N) is 2. The first-order chi connectivity index (χ1) is 12.1. The van der Waals surface area contributed by atoms with Crippen molar-refractivity contribution < 1.29 is 9.59 Å². The zero-order valence-electron chi connectivity index (χ0n) is 14.6. The molecule has 0 fully saturated rings. The first-order valence-electron chi connectivity index (χ1n) is 8.23. The minimum absolute atomic E-state index is 0.0199. The summed E-state index contributed by atoms with van der Waals surface area (Å²) in [6.07, 6.45) is 2.33. The zero-order valence-corrected chi connectivity index (χ0v) is 14.6. The van der Waals surface area contributed by atoms with Crippen LogP contribution in [0.3, 0.4) is 0 Å². The van der Waals surface area contributed by atoms with Gasteiger partial charge in [0.05, 0.1) is 19.1 Å². The van der Waals surface area contributed by atoms with Crippen molar-refractivity contribution in [2.45, 2.75) is 12.5 Å². The van der Waals surface area contributed by atoms with Gasteiger partial charge in [0.2, 0.25) is 11.8 Å². The fourth-order valence-electron chi connectivity index (χ4n) is 2.50. The molecule has 2 rings (SSSR count). The van der Waals surface area contributed by atoms with E-state index >= 15 is 0 Å². The normalized spacial score (nSPS) is 11.6. The summed E-state index contributed by atoms with van der Waals surface area (Å²) in [5, 5.41) is 5.81. The smallest absolute Gasteiger partial charge is 0.240 e. The highest BCUT2D eigenvalue weighted by atomic mass is 16.2. The molecule has 0 saturated heterocycles. The van der Waals surface area contributed by atoms with E-state index in [-0.39, 0.29) is 30.9 Å². The van der Waals surface area contributed by atoms with E-state index in [0.29, 0.717) is 6.42 Å². The van der Waals surface area contributed by atoms with Gasteiger partial charge in [0.15, 0.2) is 0 Å². The number of carbonyl (C=O) groups is 2. The predicted octanol–water partition coefficient (Wildman–Crippen LogP) is 1.16. The molecule has 25 heavy (non-hydrogen) atoms. The van der Waals surface area contributed by atoms with E-state index in [1.165, 1.54) is 4.90 Å². The van der Waals surface area contributed by atoms with Crippen molar-refractivity contribution in [3.63, 3.8) is 0 Å². The number of nitrogens with zero attached hydrogens (tertiary/aromatic N) is 2. The van der Waals surface area contributed by atoms with Gasteiger partial charge in [0.1, 0.15) is 0 Å². The number of amides is 2. The van der Waals surface area contributed by atoms with E-state index < -0.39 is 0 Å². The first kappa shape index (κ1) is 18.6. The molecule has 0 saturated carbocycles. The topological polar surface area (TPSA) is 74.3 Å². The van der Waals surface area contributed by atoms with Crippen molar-refractivity contribution in [2.75, 3.05) is 27.2 Å². The second-order valence-electron chi connectivity index (χ2n) is 5.84. The lowest BCUT2D eigenvalue weighted by Gasteiger charge is -2.22. The lowest BCUT2D eigenvalue weighted by atomic mass is 10.0. The quantitative estimate of drug-likeness (QED) is 0.756. The Bertz CT molecular complexity index is 676. The SMILES string of the molecule is CNCC(=O)N(C)CC(=O)NC(Cc1ccccn1)c1ccccc1. The van der Waals surface area contributed by atoms with Gasteiger partial charge in [-0.05, 0) is 24.7 Å². The van der Waals surface area contributed by atoms with Crippen molar-refractivity contribution in [1.29, 1.82) is 0 Å². The van der Waals surface area contributed by atoms with Crippen LogP contribution in [0, 0.1) is 0 Å². The van der Waals surface area contributed by atoms with Gasteiger partial charge in [0, 0.05) is 25.4 Å². The third-order valence-corrected chi connectivity index (χ3v) is 3.81. The Balaban J connectivity index is 2.05. The first-order valence-corrected chi connectivity index (χ1v) is 8.23. The summed E-state index contributed by atoms with van der Waals surface area (Å²) in [6, 6.07) is 15.3. The molecule has 6 heteroatoms. The third-order valence-electron chi connectivity index (χ3n) is 3.81. The van der Waals surface area contributed by atoms with Crippen molar-refractivity contribution in [1.82, 2.24) is 20.5 Å². The van der Waals surface area contributed by atoms with E-state index in [1.807, 2.05) is 48.5 Å². The van der Waals surface area contributed by atoms with Gasteiger partial charge in [-0.3, -0.25) is 14.6 Å². The van der Waals surface area contributed by atoms with Crippen LogP contribution < -0.4 is 10.6 Å². The molecule has 1 unspecified atom stereocenters. The van der Waals surface area contributed by atoms with Crippen LogP contribution in [0.15, 0.2) is 54.7 Å². The van der Waals surface area contributed by atoms with Crippen molar-refractivity contribution in [2.24, 2.45) is 0 Å². The fraction of sp³-hybridized carbons (Fsp3) is 0.316. The Morgan fingerprint density at radius 1 is 1.12 bits per heavy atom. The van der Waals surface area contributed by atoms with E-state index in [1.54, 1.807) is 20.3 Å². The van der Waals surface area contributed by atoms with Gasteiger partial charge in [-0.15, -0.1) is 0 Å². The molecule has 0 radical (unpaired) electrons. The molecule has 0 aliphatic rings. The Labute approximate surface area is 148 Å². The monoisotopic (exact) mass is 340 g/mol. The maximum absolute atomic E-state index is 12.4. The van der Waals surface area contributed by atoms with Gasteiger partial charge >= 0.3 is 0 Å². The molecule has 6 nitrogen and oxygen atoms in total. The minimum Gasteiger partial charge on any atom is -0.347 e. The highest BCUT2D eigenvalue weighted by Crippen LogP contribution is 2.17. The number of pyridine rings is 1. The van der Waals surface area contributed by atoms with E-state index in [4.69, 9.17) is 0 Å². The maximum Gasteiger partial charge on any atom is 0.240 e. The summed E-state index contributed by atoms with van der Waals surface area (Å²) < 4.78 is 0. The van der Waals surface area contributed by atoms with E-state index in [9.17, 15) is 9.59 Å². The minimum atomic E-state index is -0.198. The summed E-state index contributed by atoms with van der Waals surface area (Å²) in [5.41, 5.74) is 1.90. The second-order valence-corrected chi connectivity index (χ2v) is 5.84. The summed E-state index contributed by atoms with van der Waals surface area (Å²) in [4.78, 5) is 29.9. The van der Waals surface area contributed by atoms with Crippen LogP contribution in [-0.2, 0) is 16.0 Å². The second kappa shape index (κ2) is 9.54. The molecule has 1 atom stereocenters. The Morgan fingerprint density at radius 3 is 2.48 bits per heavy atom. The Kier molecular flexibility index (Phi) is 7.10. The number of aromatic nitrogens is 1. The predicted molar refractivity (Wildman–Crippen MR) is 96.8 cm³/mol. The van der Waals surface area contributed by atoms with Crippen LogP contribution in [0.5, 0.6) is 0 Å². The Morgan fingerprint density at radius 2 is 1.84 bits per heavy atom. The molecule has 132 valence electrons.